The fraction of sp³-hybridized carbons (Fsp3) is 0.286. The zero-order valence-corrected chi connectivity index (χ0v) is 17.6. The van der Waals surface area contributed by atoms with Crippen molar-refractivity contribution in [2.45, 2.75) is 18.8 Å². The topological polar surface area (TPSA) is 128 Å². The largest absolute Gasteiger partial charge is 0.410 e. The summed E-state index contributed by atoms with van der Waals surface area (Å²) in [4.78, 5) is 38.1. The molecule has 0 spiro atoms. The molecule has 0 saturated carbocycles. The summed E-state index contributed by atoms with van der Waals surface area (Å²) in [5.41, 5.74) is 0.960. The molecule has 170 valence electrons. The van der Waals surface area contributed by atoms with Gasteiger partial charge < -0.3 is 30.5 Å². The molecule has 1 saturated heterocycles. The molecule has 0 aliphatic carbocycles. The van der Waals surface area contributed by atoms with Crippen LogP contribution in [0.25, 0.3) is 0 Å². The second kappa shape index (κ2) is 9.94. The van der Waals surface area contributed by atoms with Gasteiger partial charge in [0.1, 0.15) is 5.82 Å². The van der Waals surface area contributed by atoms with Gasteiger partial charge in [0.2, 0.25) is 0 Å². The molecule has 32 heavy (non-hydrogen) atoms. The highest BCUT2D eigenvalue weighted by Crippen LogP contribution is 2.30. The summed E-state index contributed by atoms with van der Waals surface area (Å²) < 4.78 is 18.3. The first-order chi connectivity index (χ1) is 15.2. The van der Waals surface area contributed by atoms with E-state index in [-0.39, 0.29) is 43.2 Å². The lowest BCUT2D eigenvalue weighted by Crippen LogP contribution is -2.46. The van der Waals surface area contributed by atoms with Crippen LogP contribution in [0.4, 0.5) is 14.9 Å². The molecule has 1 aliphatic rings. The summed E-state index contributed by atoms with van der Waals surface area (Å²) in [6.45, 7) is -0.218. The zero-order chi connectivity index (χ0) is 23.3. The predicted octanol–water partition coefficient (Wildman–Crippen LogP) is 1.55. The number of benzene rings is 2. The Labute approximate surface area is 187 Å². The monoisotopic (exact) mass is 465 g/mol. The van der Waals surface area contributed by atoms with Gasteiger partial charge in [-0.15, -0.1) is 0 Å². The standard InChI is InChI=1S/C21H21ClFN3O6/c22-15-8-13(9-16(23)11-15)12-25-20(30)32-21(31)4-6-26(19(21)29)17-3-1-2-14(10-17)18(28)24-5-7-27/h1-3,8-11,27,31H,4-7,12H2,(H,24,28)(H,25,30)/t21-/m0/s1. The molecule has 3 amide bonds. The van der Waals surface area contributed by atoms with Crippen LogP contribution in [0, 0.1) is 5.82 Å². The van der Waals surface area contributed by atoms with E-state index >= 15 is 0 Å². The molecule has 9 nitrogen and oxygen atoms in total. The molecule has 2 aromatic rings. The normalized spacial score (nSPS) is 17.9. The molecule has 1 aliphatic heterocycles. The van der Waals surface area contributed by atoms with Gasteiger partial charge in [-0.25, -0.2) is 9.18 Å². The van der Waals surface area contributed by atoms with E-state index in [4.69, 9.17) is 21.4 Å². The van der Waals surface area contributed by atoms with Crippen LogP contribution in [0.5, 0.6) is 0 Å². The van der Waals surface area contributed by atoms with E-state index in [0.29, 0.717) is 11.3 Å². The van der Waals surface area contributed by atoms with Crippen LogP contribution < -0.4 is 15.5 Å². The summed E-state index contributed by atoms with van der Waals surface area (Å²) in [6, 6.07) is 9.85. The van der Waals surface area contributed by atoms with Gasteiger partial charge in [-0.05, 0) is 42.0 Å². The molecule has 4 N–H and O–H groups in total. The summed E-state index contributed by atoms with van der Waals surface area (Å²) in [5, 5.41) is 24.4. The third-order valence-corrected chi connectivity index (χ3v) is 4.91. The Kier molecular flexibility index (Phi) is 7.29. The van der Waals surface area contributed by atoms with E-state index in [9.17, 15) is 23.9 Å². The van der Waals surface area contributed by atoms with Crippen molar-refractivity contribution in [1.29, 1.82) is 0 Å². The maximum atomic E-state index is 13.4. The van der Waals surface area contributed by atoms with E-state index in [1.807, 2.05) is 0 Å². The number of aliphatic hydroxyl groups is 2. The lowest BCUT2D eigenvalue weighted by atomic mass is 10.1. The van der Waals surface area contributed by atoms with Gasteiger partial charge in [-0.3, -0.25) is 9.59 Å². The third-order valence-electron chi connectivity index (χ3n) is 4.69. The van der Waals surface area contributed by atoms with Crippen molar-refractivity contribution >= 4 is 35.2 Å². The van der Waals surface area contributed by atoms with Gasteiger partial charge >= 0.3 is 6.09 Å². The number of alkyl carbamates (subject to hydrolysis) is 1. The van der Waals surface area contributed by atoms with Crippen molar-refractivity contribution in [2.75, 3.05) is 24.6 Å². The minimum atomic E-state index is -2.39. The summed E-state index contributed by atoms with van der Waals surface area (Å²) in [7, 11) is 0. The Morgan fingerprint density at radius 3 is 2.72 bits per heavy atom. The molecule has 0 aromatic heterocycles. The first-order valence-corrected chi connectivity index (χ1v) is 10.0. The van der Waals surface area contributed by atoms with E-state index in [1.54, 1.807) is 12.1 Å². The van der Waals surface area contributed by atoms with Crippen molar-refractivity contribution in [3.63, 3.8) is 0 Å². The van der Waals surface area contributed by atoms with E-state index in [2.05, 4.69) is 10.6 Å². The highest BCUT2D eigenvalue weighted by atomic mass is 35.5. The van der Waals surface area contributed by atoms with E-state index in [1.165, 1.54) is 29.2 Å². The van der Waals surface area contributed by atoms with Crippen molar-refractivity contribution in [3.05, 3.63) is 64.4 Å². The van der Waals surface area contributed by atoms with Crippen molar-refractivity contribution in [3.8, 4) is 0 Å². The van der Waals surface area contributed by atoms with Crippen LogP contribution in [0.3, 0.4) is 0 Å². The zero-order valence-electron chi connectivity index (χ0n) is 16.8. The molecule has 1 heterocycles. The van der Waals surface area contributed by atoms with Gasteiger partial charge in [0.15, 0.2) is 0 Å². The first-order valence-electron chi connectivity index (χ1n) is 9.67. The van der Waals surface area contributed by atoms with Gasteiger partial charge in [-0.2, -0.15) is 0 Å². The van der Waals surface area contributed by atoms with Gasteiger partial charge in [0.25, 0.3) is 17.6 Å². The summed E-state index contributed by atoms with van der Waals surface area (Å²) >= 11 is 5.76. The van der Waals surface area contributed by atoms with Crippen LogP contribution in [0.15, 0.2) is 42.5 Å². The van der Waals surface area contributed by atoms with Crippen LogP contribution in [-0.2, 0) is 16.1 Å². The first kappa shape index (κ1) is 23.5. The van der Waals surface area contributed by atoms with Gasteiger partial charge in [-0.1, -0.05) is 17.7 Å². The second-order valence-electron chi connectivity index (χ2n) is 7.04. The highest BCUT2D eigenvalue weighted by molar-refractivity contribution is 6.30. The molecular weight excluding hydrogens is 445 g/mol. The predicted molar refractivity (Wildman–Crippen MR) is 113 cm³/mol. The number of hydrogen-bond donors (Lipinski definition) is 4. The Balaban J connectivity index is 1.63. The van der Waals surface area contributed by atoms with Crippen LogP contribution in [0.2, 0.25) is 5.02 Å². The lowest BCUT2D eigenvalue weighted by molar-refractivity contribution is -0.175. The van der Waals surface area contributed by atoms with Crippen molar-refractivity contribution < 1.29 is 33.7 Å². The molecule has 1 fully saturated rings. The number of amides is 3. The maximum Gasteiger partial charge on any atom is 0.410 e. The summed E-state index contributed by atoms with van der Waals surface area (Å²) in [6.07, 6.45) is -1.26. The number of aliphatic hydroxyl groups excluding tert-OH is 1. The number of nitrogens with zero attached hydrogens (tertiary/aromatic N) is 1. The number of ether oxygens (including phenoxy) is 1. The van der Waals surface area contributed by atoms with Crippen LogP contribution in [0.1, 0.15) is 22.3 Å². The highest BCUT2D eigenvalue weighted by Gasteiger charge is 2.49. The number of rotatable bonds is 7. The fourth-order valence-corrected chi connectivity index (χ4v) is 3.43. The van der Waals surface area contributed by atoms with Crippen LogP contribution >= 0.6 is 11.6 Å². The Morgan fingerprint density at radius 1 is 1.22 bits per heavy atom. The number of hydrogen-bond acceptors (Lipinski definition) is 6. The molecule has 0 unspecified atom stereocenters. The maximum absolute atomic E-state index is 13.4. The molecule has 0 bridgehead atoms. The number of halogens is 2. The minimum absolute atomic E-state index is 0.0455. The quantitative estimate of drug-likeness (QED) is 0.459. The summed E-state index contributed by atoms with van der Waals surface area (Å²) in [5.74, 6) is -4.26. The fourth-order valence-electron chi connectivity index (χ4n) is 3.19. The third kappa shape index (κ3) is 5.52. The molecular formula is C21H21ClFN3O6. The van der Waals surface area contributed by atoms with E-state index < -0.39 is 29.5 Å². The lowest BCUT2D eigenvalue weighted by Gasteiger charge is -2.22. The van der Waals surface area contributed by atoms with Gasteiger partial charge in [0, 0.05) is 42.3 Å². The molecule has 11 heteroatoms. The molecule has 0 radical (unpaired) electrons. The molecule has 3 rings (SSSR count). The Bertz CT molecular complexity index is 1020. The van der Waals surface area contributed by atoms with Crippen molar-refractivity contribution in [2.24, 2.45) is 0 Å². The second-order valence-corrected chi connectivity index (χ2v) is 7.48. The van der Waals surface area contributed by atoms with Crippen LogP contribution in [-0.4, -0.2) is 53.6 Å². The number of nitrogens with one attached hydrogen (secondary N) is 2. The Morgan fingerprint density at radius 2 is 2.00 bits per heavy atom. The smallest absolute Gasteiger partial charge is 0.407 e. The van der Waals surface area contributed by atoms with Crippen molar-refractivity contribution in [1.82, 2.24) is 10.6 Å². The van der Waals surface area contributed by atoms with Gasteiger partial charge in [0.05, 0.1) is 6.61 Å². The van der Waals surface area contributed by atoms with E-state index in [0.717, 1.165) is 6.07 Å². The average Bonchev–Trinajstić information content (AvgIpc) is 3.04. The number of carbonyl (C=O) groups excluding carboxylic acids is 3. The minimum Gasteiger partial charge on any atom is -0.407 e. The molecule has 1 atom stereocenters. The number of carbonyl (C=O) groups is 3. The Hall–Kier alpha value is -3.21. The number of anilines is 1. The molecule has 2 aromatic carbocycles. The average molecular weight is 466 g/mol. The SMILES string of the molecule is O=C(NCc1cc(F)cc(Cl)c1)O[C@@]1(O)CCN(c2cccc(C(=O)NCCO)c2)C1=O.